The second-order valence-corrected chi connectivity index (χ2v) is 12.1. The van der Waals surface area contributed by atoms with Crippen molar-refractivity contribution in [3.8, 4) is 0 Å². The molecule has 3 fully saturated rings. The number of ether oxygens (including phenoxy) is 1. The van der Waals surface area contributed by atoms with E-state index in [0.29, 0.717) is 28.7 Å². The van der Waals surface area contributed by atoms with Gasteiger partial charge in [0.05, 0.1) is 7.11 Å². The van der Waals surface area contributed by atoms with Crippen LogP contribution in [0.1, 0.15) is 86.0 Å². The molecule has 0 spiro atoms. The molecular formula is C28H42O4. The maximum atomic E-state index is 13.1. The third-order valence-electron chi connectivity index (χ3n) is 10.2. The van der Waals surface area contributed by atoms with Crippen LogP contribution in [0.4, 0.5) is 0 Å². The van der Waals surface area contributed by atoms with E-state index in [-0.39, 0.29) is 6.42 Å². The van der Waals surface area contributed by atoms with Gasteiger partial charge in [-0.15, -0.1) is 0 Å². The molecule has 0 aromatic rings. The maximum absolute atomic E-state index is 13.1. The fraction of sp³-hybridized carbons (Fsp3) is 0.786. The van der Waals surface area contributed by atoms with Crippen molar-refractivity contribution in [1.82, 2.24) is 0 Å². The summed E-state index contributed by atoms with van der Waals surface area (Å²) in [5, 5.41) is 11.0. The van der Waals surface area contributed by atoms with Crippen molar-refractivity contribution < 1.29 is 19.4 Å². The lowest BCUT2D eigenvalue weighted by Crippen LogP contribution is -2.49. The molecule has 4 heteroatoms. The number of hydrogen-bond acceptors (Lipinski definition) is 4. The van der Waals surface area contributed by atoms with Crippen LogP contribution in [0.15, 0.2) is 23.3 Å². The smallest absolute Gasteiger partial charge is 0.346 e. The normalized spacial score (nSPS) is 43.6. The van der Waals surface area contributed by atoms with Crippen LogP contribution in [0.25, 0.3) is 0 Å². The quantitative estimate of drug-likeness (QED) is 0.340. The first-order chi connectivity index (χ1) is 15.0. The first-order valence-corrected chi connectivity index (χ1v) is 12.7. The number of hydrogen-bond donors (Lipinski definition) is 1. The van der Waals surface area contributed by atoms with Gasteiger partial charge in [0.2, 0.25) is 11.4 Å². The Bertz CT molecular complexity index is 851. The molecule has 0 bridgehead atoms. The monoisotopic (exact) mass is 442 g/mol. The summed E-state index contributed by atoms with van der Waals surface area (Å²) in [5.41, 5.74) is -0.00152. The van der Waals surface area contributed by atoms with Crippen molar-refractivity contribution in [2.45, 2.75) is 91.6 Å². The molecule has 0 radical (unpaired) electrons. The van der Waals surface area contributed by atoms with Crippen LogP contribution in [0.5, 0.6) is 0 Å². The summed E-state index contributed by atoms with van der Waals surface area (Å²) in [6.07, 6.45) is 12.8. The minimum atomic E-state index is -2.01. The number of methoxy groups -OCH3 is 1. The van der Waals surface area contributed by atoms with Gasteiger partial charge >= 0.3 is 5.97 Å². The van der Waals surface area contributed by atoms with Crippen molar-refractivity contribution in [1.29, 1.82) is 0 Å². The van der Waals surface area contributed by atoms with Gasteiger partial charge < -0.3 is 9.84 Å². The summed E-state index contributed by atoms with van der Waals surface area (Å²) in [6, 6.07) is 0. The molecule has 8 unspecified atom stereocenters. The molecule has 1 N–H and O–H groups in total. The van der Waals surface area contributed by atoms with E-state index < -0.39 is 22.8 Å². The van der Waals surface area contributed by atoms with E-state index in [9.17, 15) is 14.7 Å². The minimum absolute atomic E-state index is 0.171. The number of carbonyl (C=O) groups is 2. The largest absolute Gasteiger partial charge is 0.467 e. The first kappa shape index (κ1) is 23.7. The lowest BCUT2D eigenvalue weighted by atomic mass is 9.49. The molecule has 8 atom stereocenters. The molecule has 0 aromatic carbocycles. The summed E-state index contributed by atoms with van der Waals surface area (Å²) in [6.45, 7) is 11.5. The zero-order valence-corrected chi connectivity index (χ0v) is 20.9. The van der Waals surface area contributed by atoms with Gasteiger partial charge in [-0.25, -0.2) is 4.79 Å². The van der Waals surface area contributed by atoms with Crippen LogP contribution in [-0.2, 0) is 14.3 Å². The van der Waals surface area contributed by atoms with E-state index in [2.05, 4.69) is 46.8 Å². The number of aliphatic hydroxyl groups is 1. The SMILES string of the molecule is COC(=O)C1(O)CC2(C)C(=CCC3C2CCC2(C)C(C(C)CCC=C(C)C)CCC32)C1=O. The highest BCUT2D eigenvalue weighted by Gasteiger charge is 2.67. The van der Waals surface area contributed by atoms with E-state index in [1.807, 2.05) is 0 Å². The number of esters is 1. The molecule has 0 aromatic heterocycles. The molecule has 0 heterocycles. The molecule has 0 saturated heterocycles. The van der Waals surface area contributed by atoms with E-state index in [4.69, 9.17) is 4.74 Å². The fourth-order valence-electron chi connectivity index (χ4n) is 8.65. The minimum Gasteiger partial charge on any atom is -0.467 e. The van der Waals surface area contributed by atoms with Gasteiger partial charge in [0, 0.05) is 17.4 Å². The highest BCUT2D eigenvalue weighted by atomic mass is 16.5. The lowest BCUT2D eigenvalue weighted by Gasteiger charge is -2.55. The van der Waals surface area contributed by atoms with Crippen LogP contribution >= 0.6 is 0 Å². The number of ketones is 1. The van der Waals surface area contributed by atoms with E-state index >= 15 is 0 Å². The second kappa shape index (κ2) is 8.11. The lowest BCUT2D eigenvalue weighted by molar-refractivity contribution is -0.166. The molecular weight excluding hydrogens is 400 g/mol. The van der Waals surface area contributed by atoms with Crippen molar-refractivity contribution in [3.05, 3.63) is 23.3 Å². The van der Waals surface area contributed by atoms with Crippen molar-refractivity contribution >= 4 is 11.8 Å². The van der Waals surface area contributed by atoms with E-state index in [1.54, 1.807) is 0 Å². The standard InChI is InChI=1S/C28H42O4/c1-17(2)8-7-9-18(3)20-12-13-21-19-10-11-23-24(29)28(31,25(30)32-6)16-27(23,5)22(19)14-15-26(20,21)4/h8,11,18-22,31H,7,9-10,12-16H2,1-6H3. The Balaban J connectivity index is 1.57. The van der Waals surface area contributed by atoms with Crippen LogP contribution in [0, 0.1) is 40.4 Å². The van der Waals surface area contributed by atoms with Gasteiger partial charge in [-0.05, 0) is 93.8 Å². The Morgan fingerprint density at radius 1 is 1.25 bits per heavy atom. The molecule has 4 aliphatic carbocycles. The zero-order valence-electron chi connectivity index (χ0n) is 20.9. The van der Waals surface area contributed by atoms with Crippen LogP contribution < -0.4 is 0 Å². The molecule has 4 aliphatic rings. The van der Waals surface area contributed by atoms with Gasteiger partial charge in [0.15, 0.2) is 0 Å². The average molecular weight is 443 g/mol. The van der Waals surface area contributed by atoms with Gasteiger partial charge in [0.25, 0.3) is 0 Å². The number of rotatable bonds is 5. The molecule has 3 saturated carbocycles. The van der Waals surface area contributed by atoms with Crippen LogP contribution in [-0.4, -0.2) is 29.6 Å². The number of allylic oxidation sites excluding steroid dienone is 3. The highest BCUT2D eigenvalue weighted by molar-refractivity contribution is 6.18. The predicted molar refractivity (Wildman–Crippen MR) is 126 cm³/mol. The molecule has 0 amide bonds. The number of fused-ring (bicyclic) bond motifs is 5. The van der Waals surface area contributed by atoms with Crippen molar-refractivity contribution in [3.63, 3.8) is 0 Å². The molecule has 4 nitrogen and oxygen atoms in total. The van der Waals surface area contributed by atoms with Gasteiger partial charge in [0.1, 0.15) is 0 Å². The molecule has 4 rings (SSSR count). The molecule has 0 aliphatic heterocycles. The fourth-order valence-corrected chi connectivity index (χ4v) is 8.65. The van der Waals surface area contributed by atoms with E-state index in [0.717, 1.165) is 24.7 Å². The third-order valence-corrected chi connectivity index (χ3v) is 10.2. The summed E-state index contributed by atoms with van der Waals surface area (Å²) < 4.78 is 4.83. The molecule has 32 heavy (non-hydrogen) atoms. The first-order valence-electron chi connectivity index (χ1n) is 12.7. The topological polar surface area (TPSA) is 63.6 Å². The van der Waals surface area contributed by atoms with Crippen LogP contribution in [0.2, 0.25) is 0 Å². The van der Waals surface area contributed by atoms with Gasteiger partial charge in [-0.1, -0.05) is 38.5 Å². The summed E-state index contributed by atoms with van der Waals surface area (Å²) in [7, 11) is 1.25. The average Bonchev–Trinajstić information content (AvgIpc) is 3.19. The maximum Gasteiger partial charge on any atom is 0.346 e. The van der Waals surface area contributed by atoms with E-state index in [1.165, 1.54) is 44.8 Å². The molecule has 178 valence electrons. The second-order valence-electron chi connectivity index (χ2n) is 12.1. The Hall–Kier alpha value is -1.42. The zero-order chi connectivity index (χ0) is 23.5. The Morgan fingerprint density at radius 2 is 1.97 bits per heavy atom. The highest BCUT2D eigenvalue weighted by Crippen LogP contribution is 2.68. The number of Topliss-reactive ketones (excluding diaryl/α,β-unsaturated/α-hetero) is 1. The summed E-state index contributed by atoms with van der Waals surface area (Å²) in [5.74, 6) is 1.80. The Kier molecular flexibility index (Phi) is 6.01. The third kappa shape index (κ3) is 3.35. The Morgan fingerprint density at radius 3 is 2.62 bits per heavy atom. The van der Waals surface area contributed by atoms with Crippen LogP contribution in [0.3, 0.4) is 0 Å². The van der Waals surface area contributed by atoms with Gasteiger partial charge in [-0.3, -0.25) is 4.79 Å². The summed E-state index contributed by atoms with van der Waals surface area (Å²) >= 11 is 0. The number of carbonyl (C=O) groups excluding carboxylic acids is 2. The van der Waals surface area contributed by atoms with Crippen molar-refractivity contribution in [2.24, 2.45) is 40.4 Å². The van der Waals surface area contributed by atoms with Gasteiger partial charge in [-0.2, -0.15) is 0 Å². The summed E-state index contributed by atoms with van der Waals surface area (Å²) in [4.78, 5) is 25.4. The van der Waals surface area contributed by atoms with Crippen molar-refractivity contribution in [2.75, 3.05) is 7.11 Å². The Labute approximate surface area is 193 Å². The predicted octanol–water partition coefficient (Wildman–Crippen LogP) is 5.64.